The average Bonchev–Trinajstić information content (AvgIpc) is 2.39. The van der Waals surface area contributed by atoms with Crippen molar-refractivity contribution in [3.05, 3.63) is 35.9 Å². The van der Waals surface area contributed by atoms with E-state index >= 15 is 0 Å². The van der Waals surface area contributed by atoms with Gasteiger partial charge in [-0.1, -0.05) is 49.6 Å². The number of carbonyl (C=O) groups excluding carboxylic acids is 1. The van der Waals surface area contributed by atoms with Gasteiger partial charge in [-0.15, -0.1) is 0 Å². The number of primary amides is 1. The molecule has 0 radical (unpaired) electrons. The third-order valence-corrected chi connectivity index (χ3v) is 4.31. The Morgan fingerprint density at radius 2 is 1.76 bits per heavy atom. The van der Waals surface area contributed by atoms with Crippen molar-refractivity contribution in [2.75, 3.05) is 0 Å². The molecule has 0 spiro atoms. The Labute approximate surface area is 103 Å². The van der Waals surface area contributed by atoms with E-state index in [2.05, 4.69) is 0 Å². The number of hydrogen-bond donors (Lipinski definition) is 1. The minimum absolute atomic E-state index is 0.185. The van der Waals surface area contributed by atoms with Crippen LogP contribution in [-0.4, -0.2) is 5.91 Å². The normalized spacial score (nSPS) is 20.8. The van der Waals surface area contributed by atoms with Crippen molar-refractivity contribution in [2.24, 2.45) is 11.7 Å². The molecule has 92 valence electrons. The van der Waals surface area contributed by atoms with Crippen LogP contribution < -0.4 is 5.73 Å². The average molecular weight is 231 g/mol. The van der Waals surface area contributed by atoms with Crippen molar-refractivity contribution < 1.29 is 4.79 Å². The van der Waals surface area contributed by atoms with Gasteiger partial charge in [0.05, 0.1) is 5.41 Å². The SMILES string of the molecule is CC(C(N)=O)(c1ccccc1)C1CCCCC1. The molecule has 2 heteroatoms. The van der Waals surface area contributed by atoms with E-state index in [9.17, 15) is 4.79 Å². The fraction of sp³-hybridized carbons (Fsp3) is 0.533. The summed E-state index contributed by atoms with van der Waals surface area (Å²) in [6.07, 6.45) is 5.98. The Kier molecular flexibility index (Phi) is 3.51. The van der Waals surface area contributed by atoms with Crippen LogP contribution in [0, 0.1) is 5.92 Å². The van der Waals surface area contributed by atoms with Gasteiger partial charge in [0.2, 0.25) is 5.91 Å². The van der Waals surface area contributed by atoms with Gasteiger partial charge in [-0.25, -0.2) is 0 Å². The Bertz CT molecular complexity index is 381. The molecule has 0 saturated heterocycles. The summed E-state index contributed by atoms with van der Waals surface area (Å²) >= 11 is 0. The van der Waals surface area contributed by atoms with Gasteiger partial charge in [0.25, 0.3) is 0 Å². The van der Waals surface area contributed by atoms with Crippen molar-refractivity contribution in [1.82, 2.24) is 0 Å². The number of carbonyl (C=O) groups is 1. The molecule has 0 heterocycles. The lowest BCUT2D eigenvalue weighted by molar-refractivity contribution is -0.125. The number of nitrogens with two attached hydrogens (primary N) is 1. The summed E-state index contributed by atoms with van der Waals surface area (Å²) < 4.78 is 0. The fourth-order valence-electron chi connectivity index (χ4n) is 3.04. The molecule has 2 rings (SSSR count). The van der Waals surface area contributed by atoms with Crippen LogP contribution in [0.4, 0.5) is 0 Å². The van der Waals surface area contributed by atoms with Crippen LogP contribution in [-0.2, 0) is 10.2 Å². The highest BCUT2D eigenvalue weighted by atomic mass is 16.1. The summed E-state index contributed by atoms with van der Waals surface area (Å²) in [5, 5.41) is 0. The van der Waals surface area contributed by atoms with Crippen LogP contribution in [0.1, 0.15) is 44.6 Å². The highest BCUT2D eigenvalue weighted by Crippen LogP contribution is 2.40. The zero-order chi connectivity index (χ0) is 12.3. The third-order valence-electron chi connectivity index (χ3n) is 4.31. The predicted octanol–water partition coefficient (Wildman–Crippen LogP) is 3.01. The summed E-state index contributed by atoms with van der Waals surface area (Å²) in [6, 6.07) is 10.0. The smallest absolute Gasteiger partial charge is 0.228 e. The maximum Gasteiger partial charge on any atom is 0.228 e. The van der Waals surface area contributed by atoms with Crippen molar-refractivity contribution in [3.8, 4) is 0 Å². The van der Waals surface area contributed by atoms with Crippen molar-refractivity contribution in [3.63, 3.8) is 0 Å². The van der Waals surface area contributed by atoms with Gasteiger partial charge < -0.3 is 5.73 Å². The second-order valence-corrected chi connectivity index (χ2v) is 5.27. The molecular formula is C15H21NO. The van der Waals surface area contributed by atoms with Gasteiger partial charge in [-0.05, 0) is 31.2 Å². The zero-order valence-electron chi connectivity index (χ0n) is 10.5. The van der Waals surface area contributed by atoms with Crippen molar-refractivity contribution in [1.29, 1.82) is 0 Å². The Morgan fingerprint density at radius 3 is 2.29 bits per heavy atom. The molecule has 0 aliphatic heterocycles. The molecule has 0 aromatic heterocycles. The first-order valence-electron chi connectivity index (χ1n) is 6.51. The molecule has 1 amide bonds. The maximum absolute atomic E-state index is 11.9. The molecule has 0 bridgehead atoms. The second kappa shape index (κ2) is 4.91. The number of amides is 1. The Balaban J connectivity index is 2.35. The third kappa shape index (κ3) is 2.21. The van der Waals surface area contributed by atoms with Crippen LogP contribution in [0.2, 0.25) is 0 Å². The molecule has 1 saturated carbocycles. The molecule has 17 heavy (non-hydrogen) atoms. The van der Waals surface area contributed by atoms with E-state index in [4.69, 9.17) is 5.73 Å². The van der Waals surface area contributed by atoms with Crippen molar-refractivity contribution >= 4 is 5.91 Å². The van der Waals surface area contributed by atoms with Gasteiger partial charge in [-0.2, -0.15) is 0 Å². The zero-order valence-corrected chi connectivity index (χ0v) is 10.5. The highest BCUT2D eigenvalue weighted by molar-refractivity contribution is 5.86. The predicted molar refractivity (Wildman–Crippen MR) is 69.6 cm³/mol. The maximum atomic E-state index is 11.9. The highest BCUT2D eigenvalue weighted by Gasteiger charge is 2.41. The van der Waals surface area contributed by atoms with Crippen LogP contribution in [0.5, 0.6) is 0 Å². The van der Waals surface area contributed by atoms with E-state index in [0.29, 0.717) is 5.92 Å². The molecule has 1 aliphatic carbocycles. The molecule has 1 aromatic carbocycles. The first-order valence-corrected chi connectivity index (χ1v) is 6.51. The summed E-state index contributed by atoms with van der Waals surface area (Å²) in [4.78, 5) is 11.9. The lowest BCUT2D eigenvalue weighted by Crippen LogP contribution is -2.45. The van der Waals surface area contributed by atoms with E-state index in [1.54, 1.807) is 0 Å². The lowest BCUT2D eigenvalue weighted by atomic mass is 9.66. The van der Waals surface area contributed by atoms with E-state index in [0.717, 1.165) is 18.4 Å². The minimum Gasteiger partial charge on any atom is -0.369 e. The monoisotopic (exact) mass is 231 g/mol. The minimum atomic E-state index is -0.498. The van der Waals surface area contributed by atoms with Crippen LogP contribution >= 0.6 is 0 Å². The first kappa shape index (κ1) is 12.2. The van der Waals surface area contributed by atoms with Gasteiger partial charge in [0.15, 0.2) is 0 Å². The molecule has 2 nitrogen and oxygen atoms in total. The molecule has 1 unspecified atom stereocenters. The van der Waals surface area contributed by atoms with Crippen LogP contribution in [0.25, 0.3) is 0 Å². The van der Waals surface area contributed by atoms with Gasteiger partial charge >= 0.3 is 0 Å². The Morgan fingerprint density at radius 1 is 1.18 bits per heavy atom. The molecule has 1 atom stereocenters. The van der Waals surface area contributed by atoms with Gasteiger partial charge in [0.1, 0.15) is 0 Å². The Hall–Kier alpha value is -1.31. The molecular weight excluding hydrogens is 210 g/mol. The van der Waals surface area contributed by atoms with E-state index in [1.165, 1.54) is 19.3 Å². The molecule has 1 aliphatic rings. The lowest BCUT2D eigenvalue weighted by Gasteiger charge is -2.37. The fourth-order valence-corrected chi connectivity index (χ4v) is 3.04. The summed E-state index contributed by atoms with van der Waals surface area (Å²) in [5.74, 6) is 0.215. The van der Waals surface area contributed by atoms with Gasteiger partial charge in [0, 0.05) is 0 Å². The number of hydrogen-bond acceptors (Lipinski definition) is 1. The van der Waals surface area contributed by atoms with Gasteiger partial charge in [-0.3, -0.25) is 4.79 Å². The molecule has 2 N–H and O–H groups in total. The quantitative estimate of drug-likeness (QED) is 0.853. The summed E-state index contributed by atoms with van der Waals surface area (Å²) in [6.45, 7) is 2.01. The molecule has 1 fully saturated rings. The summed E-state index contributed by atoms with van der Waals surface area (Å²) in [7, 11) is 0. The van der Waals surface area contributed by atoms with Crippen molar-refractivity contribution in [2.45, 2.75) is 44.4 Å². The summed E-state index contributed by atoms with van der Waals surface area (Å²) in [5.41, 5.74) is 6.27. The number of rotatable bonds is 3. The van der Waals surface area contributed by atoms with E-state index in [1.807, 2.05) is 37.3 Å². The van der Waals surface area contributed by atoms with Crippen LogP contribution in [0.3, 0.4) is 0 Å². The largest absolute Gasteiger partial charge is 0.369 e. The van der Waals surface area contributed by atoms with E-state index in [-0.39, 0.29) is 5.91 Å². The standard InChI is InChI=1S/C15H21NO/c1-15(14(16)17,12-8-4-2-5-9-12)13-10-6-3-7-11-13/h2,4-5,8-9,13H,3,6-7,10-11H2,1H3,(H2,16,17). The van der Waals surface area contributed by atoms with Crippen LogP contribution in [0.15, 0.2) is 30.3 Å². The topological polar surface area (TPSA) is 43.1 Å². The molecule has 1 aromatic rings. The first-order chi connectivity index (χ1) is 8.15. The number of benzene rings is 1. The van der Waals surface area contributed by atoms with E-state index < -0.39 is 5.41 Å². The second-order valence-electron chi connectivity index (χ2n) is 5.27.